The number of carbonyl (C=O) groups excluding carboxylic acids is 1. The van der Waals surface area contributed by atoms with Gasteiger partial charge in [-0.1, -0.05) is 11.6 Å². The Morgan fingerprint density at radius 3 is 3.00 bits per heavy atom. The van der Waals surface area contributed by atoms with Gasteiger partial charge in [0.1, 0.15) is 5.82 Å². The molecule has 1 heterocycles. The fourth-order valence-electron chi connectivity index (χ4n) is 2.02. The molecule has 1 saturated heterocycles. The predicted octanol–water partition coefficient (Wildman–Crippen LogP) is 1.96. The Hall–Kier alpha value is -0.970. The van der Waals surface area contributed by atoms with Crippen molar-refractivity contribution in [2.45, 2.75) is 6.42 Å². The normalized spacial score (nSPS) is 17.4. The van der Waals surface area contributed by atoms with Gasteiger partial charge in [-0.05, 0) is 37.7 Å². The maximum Gasteiger partial charge on any atom is 0.176 e. The Bertz CT molecular complexity index is 431. The van der Waals surface area contributed by atoms with Crippen LogP contribution in [0.4, 0.5) is 4.39 Å². The number of benzene rings is 1. The fraction of sp³-hybridized carbons (Fsp3) is 0.462. The largest absolute Gasteiger partial charge is 0.315 e. The first-order chi connectivity index (χ1) is 8.66. The third-order valence-electron chi connectivity index (χ3n) is 3.04. The fourth-order valence-corrected chi connectivity index (χ4v) is 2.20. The van der Waals surface area contributed by atoms with Crippen molar-refractivity contribution in [2.75, 3.05) is 32.7 Å². The first-order valence-electron chi connectivity index (χ1n) is 6.08. The average molecular weight is 271 g/mol. The summed E-state index contributed by atoms with van der Waals surface area (Å²) < 4.78 is 13.0. The Morgan fingerprint density at radius 1 is 1.39 bits per heavy atom. The molecule has 1 aliphatic rings. The number of Topliss-reactive ketones (excluding diaryl/α,β-unsaturated/α-hetero) is 1. The van der Waals surface area contributed by atoms with Crippen molar-refractivity contribution < 1.29 is 9.18 Å². The molecule has 0 bridgehead atoms. The highest BCUT2D eigenvalue weighted by molar-refractivity contribution is 6.31. The second kappa shape index (κ2) is 6.27. The minimum atomic E-state index is -0.493. The monoisotopic (exact) mass is 270 g/mol. The van der Waals surface area contributed by atoms with Gasteiger partial charge in [0.25, 0.3) is 0 Å². The molecule has 3 nitrogen and oxygen atoms in total. The van der Waals surface area contributed by atoms with Gasteiger partial charge in [0.05, 0.1) is 11.6 Å². The van der Waals surface area contributed by atoms with Crippen LogP contribution in [0, 0.1) is 5.82 Å². The van der Waals surface area contributed by atoms with Gasteiger partial charge in [-0.2, -0.15) is 0 Å². The zero-order valence-corrected chi connectivity index (χ0v) is 10.8. The zero-order chi connectivity index (χ0) is 13.0. The van der Waals surface area contributed by atoms with Gasteiger partial charge in [0.15, 0.2) is 5.78 Å². The zero-order valence-electron chi connectivity index (χ0n) is 10.1. The average Bonchev–Trinajstić information content (AvgIpc) is 2.61. The van der Waals surface area contributed by atoms with E-state index in [-0.39, 0.29) is 10.8 Å². The van der Waals surface area contributed by atoms with Gasteiger partial charge in [0, 0.05) is 18.7 Å². The van der Waals surface area contributed by atoms with Crippen LogP contribution in [0.15, 0.2) is 18.2 Å². The Kier molecular flexibility index (Phi) is 4.69. The van der Waals surface area contributed by atoms with Crippen LogP contribution in [0.3, 0.4) is 0 Å². The van der Waals surface area contributed by atoms with Crippen molar-refractivity contribution in [3.8, 4) is 0 Å². The van der Waals surface area contributed by atoms with Crippen molar-refractivity contribution in [1.82, 2.24) is 10.2 Å². The highest BCUT2D eigenvalue weighted by Crippen LogP contribution is 2.16. The van der Waals surface area contributed by atoms with Gasteiger partial charge < -0.3 is 5.32 Å². The van der Waals surface area contributed by atoms with Gasteiger partial charge in [-0.15, -0.1) is 0 Å². The first kappa shape index (κ1) is 13.5. The number of rotatable bonds is 3. The molecule has 0 spiro atoms. The van der Waals surface area contributed by atoms with Crippen LogP contribution in [0.5, 0.6) is 0 Å². The van der Waals surface area contributed by atoms with Crippen molar-refractivity contribution in [2.24, 2.45) is 0 Å². The van der Waals surface area contributed by atoms with Crippen molar-refractivity contribution in [3.05, 3.63) is 34.6 Å². The molecule has 0 amide bonds. The molecular formula is C13H16ClFN2O. The van der Waals surface area contributed by atoms with Gasteiger partial charge in [-0.3, -0.25) is 9.69 Å². The van der Waals surface area contributed by atoms with E-state index in [4.69, 9.17) is 11.6 Å². The van der Waals surface area contributed by atoms with Crippen molar-refractivity contribution in [1.29, 1.82) is 0 Å². The lowest BCUT2D eigenvalue weighted by molar-refractivity contribution is 0.0935. The van der Waals surface area contributed by atoms with Crippen molar-refractivity contribution in [3.63, 3.8) is 0 Å². The lowest BCUT2D eigenvalue weighted by Crippen LogP contribution is -2.33. The number of hydrogen-bond donors (Lipinski definition) is 1. The number of hydrogen-bond acceptors (Lipinski definition) is 3. The minimum Gasteiger partial charge on any atom is -0.315 e. The van der Waals surface area contributed by atoms with E-state index in [1.54, 1.807) is 0 Å². The SMILES string of the molecule is O=C(CN1CCCNCC1)c1ccc(F)c(Cl)c1. The van der Waals surface area contributed by atoms with Gasteiger partial charge in [-0.25, -0.2) is 4.39 Å². The van der Waals surface area contributed by atoms with Crippen LogP contribution in [0.25, 0.3) is 0 Å². The summed E-state index contributed by atoms with van der Waals surface area (Å²) in [5.74, 6) is -0.508. The molecule has 0 aliphatic carbocycles. The highest BCUT2D eigenvalue weighted by Gasteiger charge is 2.15. The molecule has 0 unspecified atom stereocenters. The van der Waals surface area contributed by atoms with E-state index in [1.165, 1.54) is 18.2 Å². The number of halogens is 2. The molecular weight excluding hydrogens is 255 g/mol. The topological polar surface area (TPSA) is 32.3 Å². The van der Waals surface area contributed by atoms with Crippen LogP contribution < -0.4 is 5.32 Å². The molecule has 0 aromatic heterocycles. The molecule has 1 aromatic carbocycles. The second-order valence-corrected chi connectivity index (χ2v) is 4.84. The summed E-state index contributed by atoms with van der Waals surface area (Å²) in [7, 11) is 0. The number of carbonyl (C=O) groups is 1. The third-order valence-corrected chi connectivity index (χ3v) is 3.33. The minimum absolute atomic E-state index is 0.00150. The van der Waals surface area contributed by atoms with Crippen LogP contribution in [-0.2, 0) is 0 Å². The second-order valence-electron chi connectivity index (χ2n) is 4.43. The lowest BCUT2D eigenvalue weighted by atomic mass is 10.1. The summed E-state index contributed by atoms with van der Waals surface area (Å²) in [6, 6.07) is 4.12. The van der Waals surface area contributed by atoms with E-state index in [0.717, 1.165) is 32.6 Å². The smallest absolute Gasteiger partial charge is 0.176 e. The summed E-state index contributed by atoms with van der Waals surface area (Å²) in [6.45, 7) is 4.03. The molecule has 0 radical (unpaired) electrons. The van der Waals surface area contributed by atoms with E-state index in [9.17, 15) is 9.18 Å². The maximum atomic E-state index is 13.0. The molecule has 18 heavy (non-hydrogen) atoms. The summed E-state index contributed by atoms with van der Waals surface area (Å²) in [6.07, 6.45) is 1.04. The quantitative estimate of drug-likeness (QED) is 0.853. The van der Waals surface area contributed by atoms with E-state index in [1.807, 2.05) is 0 Å². The van der Waals surface area contributed by atoms with Gasteiger partial charge in [0.2, 0.25) is 0 Å². The molecule has 0 saturated carbocycles. The van der Waals surface area contributed by atoms with E-state index in [0.29, 0.717) is 12.1 Å². The number of nitrogens with zero attached hydrogens (tertiary/aromatic N) is 1. The lowest BCUT2D eigenvalue weighted by Gasteiger charge is -2.18. The Labute approximate surface area is 111 Å². The first-order valence-corrected chi connectivity index (χ1v) is 6.46. The molecule has 2 rings (SSSR count). The Morgan fingerprint density at radius 2 is 2.22 bits per heavy atom. The maximum absolute atomic E-state index is 13.0. The van der Waals surface area contributed by atoms with Crippen LogP contribution in [0.2, 0.25) is 5.02 Å². The standard InChI is InChI=1S/C13H16ClFN2O/c14-11-8-10(2-3-12(11)15)13(18)9-17-6-1-4-16-5-7-17/h2-3,8,16H,1,4-7,9H2. The summed E-state index contributed by atoms with van der Waals surface area (Å²) in [4.78, 5) is 14.2. The molecule has 98 valence electrons. The third kappa shape index (κ3) is 3.51. The van der Waals surface area contributed by atoms with Gasteiger partial charge >= 0.3 is 0 Å². The van der Waals surface area contributed by atoms with E-state index in [2.05, 4.69) is 10.2 Å². The predicted molar refractivity (Wildman–Crippen MR) is 69.7 cm³/mol. The summed E-state index contributed by atoms with van der Waals surface area (Å²) in [5, 5.41) is 3.28. The molecule has 0 atom stereocenters. The Balaban J connectivity index is 1.99. The number of ketones is 1. The molecule has 1 aromatic rings. The van der Waals surface area contributed by atoms with Crippen LogP contribution in [0.1, 0.15) is 16.8 Å². The summed E-state index contributed by atoms with van der Waals surface area (Å²) >= 11 is 5.68. The van der Waals surface area contributed by atoms with E-state index >= 15 is 0 Å². The van der Waals surface area contributed by atoms with E-state index < -0.39 is 5.82 Å². The molecule has 1 aliphatic heterocycles. The highest BCUT2D eigenvalue weighted by atomic mass is 35.5. The molecule has 5 heteroatoms. The number of nitrogens with one attached hydrogen (secondary N) is 1. The van der Waals surface area contributed by atoms with Crippen LogP contribution >= 0.6 is 11.6 Å². The van der Waals surface area contributed by atoms with Crippen LogP contribution in [-0.4, -0.2) is 43.4 Å². The molecule has 1 N–H and O–H groups in total. The van der Waals surface area contributed by atoms with Crippen molar-refractivity contribution >= 4 is 17.4 Å². The summed E-state index contributed by atoms with van der Waals surface area (Å²) in [5.41, 5.74) is 0.471. The molecule has 1 fully saturated rings.